The van der Waals surface area contributed by atoms with E-state index in [1.54, 1.807) is 0 Å². The molecule has 8 nitrogen and oxygen atoms in total. The Morgan fingerprint density at radius 2 is 1.79 bits per heavy atom. The normalized spacial score (nSPS) is 17.3. The van der Waals surface area contributed by atoms with Crippen molar-refractivity contribution in [3.8, 4) is 0 Å². The topological polar surface area (TPSA) is 150 Å². The first kappa shape index (κ1) is 21.0. The third-order valence-electron chi connectivity index (χ3n) is 4.17. The van der Waals surface area contributed by atoms with Crippen LogP contribution in [0.25, 0.3) is 0 Å². The third kappa shape index (κ3) is 8.68. The maximum atomic E-state index is 11.9. The van der Waals surface area contributed by atoms with Gasteiger partial charge in [-0.3, -0.25) is 14.4 Å². The van der Waals surface area contributed by atoms with Crippen LogP contribution in [0.5, 0.6) is 0 Å². The fourth-order valence-electron chi connectivity index (χ4n) is 2.91. The molecule has 1 aliphatic rings. The van der Waals surface area contributed by atoms with E-state index in [1.807, 2.05) is 0 Å². The van der Waals surface area contributed by atoms with Crippen LogP contribution >= 0.6 is 7.72 Å². The van der Waals surface area contributed by atoms with Crippen LogP contribution in [0.1, 0.15) is 44.9 Å². The van der Waals surface area contributed by atoms with Crippen molar-refractivity contribution in [2.24, 2.45) is 11.7 Å². The summed E-state index contributed by atoms with van der Waals surface area (Å²) in [6, 6.07) is -1.00. The molecule has 1 amide bonds. The van der Waals surface area contributed by atoms with E-state index in [9.17, 15) is 24.2 Å². The highest BCUT2D eigenvalue weighted by atomic mass is 31.2. The summed E-state index contributed by atoms with van der Waals surface area (Å²) in [6.07, 6.45) is 4.95. The summed E-state index contributed by atoms with van der Waals surface area (Å²) in [5.74, 6) is -1.86. The van der Waals surface area contributed by atoms with Gasteiger partial charge in [-0.25, -0.2) is 9.79 Å². The van der Waals surface area contributed by atoms with Gasteiger partial charge >= 0.3 is 5.97 Å². The number of amides is 1. The lowest BCUT2D eigenvalue weighted by Gasteiger charge is -2.23. The fraction of sp³-hybridized carbons (Fsp3) is 0.800. The molecule has 1 aliphatic carbocycles. The Balaban J connectivity index is 2.30. The van der Waals surface area contributed by atoms with E-state index < -0.39 is 31.4 Å². The van der Waals surface area contributed by atoms with Crippen LogP contribution in [-0.2, 0) is 14.4 Å². The highest BCUT2D eigenvalue weighted by Gasteiger charge is 2.39. The number of carboxylic acids is 1. The summed E-state index contributed by atoms with van der Waals surface area (Å²) in [5, 5.41) is 10.9. The summed E-state index contributed by atoms with van der Waals surface area (Å²) in [5.41, 5.74) is 5.52. The second-order valence-electron chi connectivity index (χ2n) is 6.52. The highest BCUT2D eigenvalue weighted by molar-refractivity contribution is 7.65. The zero-order valence-corrected chi connectivity index (χ0v) is 14.7. The number of carboxylic acid groups (broad SMARTS) is 1. The SMILES string of the molecule is N[C@@H](CCC(=O)O)C(=O)NCC(=O)C[P+](O)(O)CC1CCCCC1. The number of aliphatic carboxylic acids is 1. The minimum atomic E-state index is -3.29. The van der Waals surface area contributed by atoms with Gasteiger partial charge in [-0.05, 0) is 25.2 Å². The quantitative estimate of drug-likeness (QED) is 0.350. The minimum Gasteiger partial charge on any atom is -0.481 e. The number of ketones is 1. The Labute approximate surface area is 142 Å². The second kappa shape index (κ2) is 10.0. The van der Waals surface area contributed by atoms with Gasteiger partial charge in [-0.1, -0.05) is 19.3 Å². The average Bonchev–Trinajstić information content (AvgIpc) is 2.50. The smallest absolute Gasteiger partial charge is 0.303 e. The fourth-order valence-corrected chi connectivity index (χ4v) is 4.91. The van der Waals surface area contributed by atoms with E-state index in [0.717, 1.165) is 25.7 Å². The molecule has 6 N–H and O–H groups in total. The van der Waals surface area contributed by atoms with Crippen molar-refractivity contribution in [2.75, 3.05) is 18.9 Å². The molecule has 0 radical (unpaired) electrons. The maximum Gasteiger partial charge on any atom is 0.303 e. The number of rotatable bonds is 10. The maximum absolute atomic E-state index is 11.9. The van der Waals surface area contributed by atoms with Gasteiger partial charge < -0.3 is 16.2 Å². The van der Waals surface area contributed by atoms with Gasteiger partial charge in [0.05, 0.1) is 12.6 Å². The Kier molecular flexibility index (Phi) is 8.76. The molecule has 0 aliphatic heterocycles. The predicted octanol–water partition coefficient (Wildman–Crippen LogP) is 0.276. The van der Waals surface area contributed by atoms with E-state index in [1.165, 1.54) is 6.42 Å². The summed E-state index contributed by atoms with van der Waals surface area (Å²) in [4.78, 5) is 54.1. The van der Waals surface area contributed by atoms with Crippen molar-refractivity contribution in [3.63, 3.8) is 0 Å². The summed E-state index contributed by atoms with van der Waals surface area (Å²) < 4.78 is 0. The molecule has 0 heterocycles. The second-order valence-corrected chi connectivity index (χ2v) is 8.96. The van der Waals surface area contributed by atoms with E-state index in [-0.39, 0.29) is 37.6 Å². The molecule has 0 spiro atoms. The molecule has 1 fully saturated rings. The number of hydrogen-bond donors (Lipinski definition) is 5. The van der Waals surface area contributed by atoms with Crippen molar-refractivity contribution in [1.82, 2.24) is 5.32 Å². The first-order chi connectivity index (χ1) is 11.2. The number of carbonyl (C=O) groups is 3. The monoisotopic (exact) mass is 363 g/mol. The lowest BCUT2D eigenvalue weighted by molar-refractivity contribution is -0.137. The molecular formula is C15H28N2O6P+. The van der Waals surface area contributed by atoms with Gasteiger partial charge in [0.1, 0.15) is 6.16 Å². The number of hydrogen-bond acceptors (Lipinski definition) is 6. The Morgan fingerprint density at radius 1 is 1.17 bits per heavy atom. The van der Waals surface area contributed by atoms with Crippen LogP contribution in [-0.4, -0.2) is 57.5 Å². The van der Waals surface area contributed by atoms with Crippen molar-refractivity contribution in [1.29, 1.82) is 0 Å². The molecule has 138 valence electrons. The molecule has 1 rings (SSSR count). The highest BCUT2D eigenvalue weighted by Crippen LogP contribution is 2.52. The van der Waals surface area contributed by atoms with Crippen LogP contribution in [0.2, 0.25) is 0 Å². The van der Waals surface area contributed by atoms with Crippen LogP contribution < -0.4 is 11.1 Å². The molecule has 9 heteroatoms. The lowest BCUT2D eigenvalue weighted by Crippen LogP contribution is -2.43. The van der Waals surface area contributed by atoms with Gasteiger partial charge in [-0.2, -0.15) is 0 Å². The van der Waals surface area contributed by atoms with Crippen molar-refractivity contribution < 1.29 is 29.3 Å². The Morgan fingerprint density at radius 3 is 2.38 bits per heavy atom. The zero-order valence-electron chi connectivity index (χ0n) is 13.8. The number of nitrogens with two attached hydrogens (primary N) is 1. The molecular weight excluding hydrogens is 335 g/mol. The molecule has 1 atom stereocenters. The van der Waals surface area contributed by atoms with Gasteiger partial charge in [0, 0.05) is 6.42 Å². The minimum absolute atomic E-state index is 0.0199. The van der Waals surface area contributed by atoms with E-state index in [0.29, 0.717) is 0 Å². The van der Waals surface area contributed by atoms with Crippen LogP contribution in [0, 0.1) is 5.92 Å². The Hall–Kier alpha value is -1.08. The first-order valence-electron chi connectivity index (χ1n) is 8.29. The molecule has 0 aromatic rings. The first-order valence-corrected chi connectivity index (χ1v) is 10.4. The largest absolute Gasteiger partial charge is 0.481 e. The zero-order chi connectivity index (χ0) is 18.2. The van der Waals surface area contributed by atoms with Crippen molar-refractivity contribution >= 4 is 25.4 Å². The van der Waals surface area contributed by atoms with E-state index in [4.69, 9.17) is 10.8 Å². The van der Waals surface area contributed by atoms with Crippen LogP contribution in [0.15, 0.2) is 0 Å². The summed E-state index contributed by atoms with van der Waals surface area (Å²) in [7, 11) is -3.29. The molecule has 0 aromatic heterocycles. The van der Waals surface area contributed by atoms with E-state index >= 15 is 0 Å². The van der Waals surface area contributed by atoms with Gasteiger partial charge in [0.25, 0.3) is 7.72 Å². The third-order valence-corrected chi connectivity index (χ3v) is 6.13. The summed E-state index contributed by atoms with van der Waals surface area (Å²) >= 11 is 0. The predicted molar refractivity (Wildman–Crippen MR) is 90.5 cm³/mol. The molecule has 0 saturated heterocycles. The molecule has 0 aromatic carbocycles. The van der Waals surface area contributed by atoms with Gasteiger partial charge in [0.2, 0.25) is 5.91 Å². The number of nitrogens with one attached hydrogen (secondary N) is 1. The van der Waals surface area contributed by atoms with Crippen LogP contribution in [0.3, 0.4) is 0 Å². The molecule has 1 saturated carbocycles. The van der Waals surface area contributed by atoms with Gasteiger partial charge in [-0.15, -0.1) is 0 Å². The Bertz CT molecular complexity index is 451. The molecule has 24 heavy (non-hydrogen) atoms. The molecule has 0 bridgehead atoms. The summed E-state index contributed by atoms with van der Waals surface area (Å²) in [6.45, 7) is -0.326. The standard InChI is InChI=1S/C15H27N2O6P/c16-13(6-7-14(19)20)15(21)17-8-12(18)10-24(22,23)9-11-4-2-1-3-5-11/h11,13,22-23H,1-10,16H2,(H-,17,19,20,21)/p+1/t13-/m0/s1. The van der Waals surface area contributed by atoms with Crippen molar-refractivity contribution in [2.45, 2.75) is 51.0 Å². The van der Waals surface area contributed by atoms with E-state index in [2.05, 4.69) is 5.32 Å². The lowest BCUT2D eigenvalue weighted by atomic mass is 9.91. The van der Waals surface area contributed by atoms with Crippen molar-refractivity contribution in [3.05, 3.63) is 0 Å². The average molecular weight is 363 g/mol. The number of Topliss-reactive ketones (excluding diaryl/α,β-unsaturated/α-hetero) is 1. The van der Waals surface area contributed by atoms with Crippen LogP contribution in [0.4, 0.5) is 0 Å². The van der Waals surface area contributed by atoms with Gasteiger partial charge in [0.15, 0.2) is 11.9 Å². The molecule has 0 unspecified atom stereocenters. The number of carbonyl (C=O) groups excluding carboxylic acids is 2.